The predicted octanol–water partition coefficient (Wildman–Crippen LogP) is 3.56. The van der Waals surface area contributed by atoms with Gasteiger partial charge in [0, 0.05) is 23.6 Å². The number of aromatic amines is 1. The molecule has 0 amide bonds. The maximum atomic E-state index is 12.5. The van der Waals surface area contributed by atoms with E-state index in [1.807, 2.05) is 25.1 Å². The second-order valence-electron chi connectivity index (χ2n) is 5.69. The Hall–Kier alpha value is -2.56. The molecule has 1 aliphatic carbocycles. The van der Waals surface area contributed by atoms with Crippen LogP contribution >= 0.6 is 0 Å². The molecule has 120 valence electrons. The number of hydrogen-bond donors (Lipinski definition) is 1. The number of fused-ring (bicyclic) bond motifs is 1. The van der Waals surface area contributed by atoms with Crippen molar-refractivity contribution in [2.24, 2.45) is 0 Å². The molecule has 2 heterocycles. The first kappa shape index (κ1) is 15.3. The van der Waals surface area contributed by atoms with Crippen molar-refractivity contribution in [2.75, 3.05) is 6.61 Å². The van der Waals surface area contributed by atoms with Gasteiger partial charge in [-0.2, -0.15) is 0 Å². The van der Waals surface area contributed by atoms with Crippen molar-refractivity contribution in [2.45, 2.75) is 32.6 Å². The van der Waals surface area contributed by atoms with Crippen LogP contribution in [0.25, 0.3) is 0 Å². The van der Waals surface area contributed by atoms with Gasteiger partial charge in [-0.05, 0) is 38.0 Å². The number of Topliss-reactive ketones (excluding diaryl/α,β-unsaturated/α-hetero) is 1. The summed E-state index contributed by atoms with van der Waals surface area (Å²) in [6, 6.07) is 3.70. The highest BCUT2D eigenvalue weighted by atomic mass is 16.5. The third-order valence-corrected chi connectivity index (χ3v) is 4.18. The van der Waals surface area contributed by atoms with E-state index in [2.05, 4.69) is 4.98 Å². The summed E-state index contributed by atoms with van der Waals surface area (Å²) in [6.45, 7) is 3.87. The van der Waals surface area contributed by atoms with Crippen molar-refractivity contribution in [1.29, 1.82) is 0 Å². The topological polar surface area (TPSA) is 72.3 Å². The number of esters is 1. The average molecular weight is 313 g/mol. The highest BCUT2D eigenvalue weighted by Crippen LogP contribution is 2.35. The molecule has 0 aromatic carbocycles. The van der Waals surface area contributed by atoms with E-state index in [9.17, 15) is 9.59 Å². The molecular weight excluding hydrogens is 294 g/mol. The molecule has 0 saturated carbocycles. The SMILES string of the molecule is CC=CCOC(=O)c1[nH]c2c(c1C)C(=O)CC(c1ccco1)C2. The summed E-state index contributed by atoms with van der Waals surface area (Å²) < 4.78 is 10.6. The zero-order valence-corrected chi connectivity index (χ0v) is 13.2. The van der Waals surface area contributed by atoms with Crippen LogP contribution in [-0.4, -0.2) is 23.3 Å². The van der Waals surface area contributed by atoms with Crippen molar-refractivity contribution in [3.8, 4) is 0 Å². The summed E-state index contributed by atoms with van der Waals surface area (Å²) in [4.78, 5) is 27.7. The van der Waals surface area contributed by atoms with Gasteiger partial charge in [-0.1, -0.05) is 12.2 Å². The molecule has 1 atom stereocenters. The lowest BCUT2D eigenvalue weighted by molar-refractivity contribution is 0.0542. The molecule has 1 N–H and O–H groups in total. The summed E-state index contributed by atoms with van der Waals surface area (Å²) in [6.07, 6.45) is 6.23. The third kappa shape index (κ3) is 2.86. The fourth-order valence-corrected chi connectivity index (χ4v) is 3.05. The molecule has 2 aromatic rings. The molecule has 0 saturated heterocycles. The van der Waals surface area contributed by atoms with Crippen molar-refractivity contribution in [1.82, 2.24) is 4.98 Å². The minimum atomic E-state index is -0.433. The van der Waals surface area contributed by atoms with Gasteiger partial charge in [-0.3, -0.25) is 4.79 Å². The van der Waals surface area contributed by atoms with Crippen LogP contribution in [0.4, 0.5) is 0 Å². The Labute approximate surface area is 134 Å². The number of nitrogens with one attached hydrogen (secondary N) is 1. The minimum absolute atomic E-state index is 0.00921. The Balaban J connectivity index is 1.87. The summed E-state index contributed by atoms with van der Waals surface area (Å²) >= 11 is 0. The summed E-state index contributed by atoms with van der Waals surface area (Å²) in [5.74, 6) is 0.412. The molecule has 3 rings (SSSR count). The highest BCUT2D eigenvalue weighted by molar-refractivity contribution is 6.03. The number of aromatic nitrogens is 1. The van der Waals surface area contributed by atoms with Crippen LogP contribution in [0.2, 0.25) is 0 Å². The van der Waals surface area contributed by atoms with Crippen LogP contribution < -0.4 is 0 Å². The lowest BCUT2D eigenvalue weighted by Gasteiger charge is -2.19. The molecule has 0 radical (unpaired) electrons. The van der Waals surface area contributed by atoms with E-state index in [0.29, 0.717) is 29.7 Å². The molecule has 0 spiro atoms. The standard InChI is InChI=1S/C18H19NO4/c1-3-4-7-23-18(21)17-11(2)16-13(19-17)9-12(10-14(16)20)15-6-5-8-22-15/h3-6,8,12,19H,7,9-10H2,1-2H3. The van der Waals surface area contributed by atoms with Crippen LogP contribution in [0, 0.1) is 6.92 Å². The number of ether oxygens (including phenoxy) is 1. The van der Waals surface area contributed by atoms with E-state index in [1.54, 1.807) is 19.3 Å². The molecule has 5 nitrogen and oxygen atoms in total. The largest absolute Gasteiger partial charge is 0.469 e. The van der Waals surface area contributed by atoms with Crippen molar-refractivity contribution >= 4 is 11.8 Å². The molecule has 1 unspecified atom stereocenters. The molecule has 1 aliphatic rings. The smallest absolute Gasteiger partial charge is 0.355 e. The number of H-pyrrole nitrogens is 1. The number of ketones is 1. The number of hydrogen-bond acceptors (Lipinski definition) is 4. The maximum Gasteiger partial charge on any atom is 0.355 e. The first-order valence-corrected chi connectivity index (χ1v) is 7.68. The van der Waals surface area contributed by atoms with Crippen LogP contribution in [-0.2, 0) is 11.2 Å². The van der Waals surface area contributed by atoms with Crippen LogP contribution in [0.15, 0.2) is 35.0 Å². The first-order chi connectivity index (χ1) is 11.1. The van der Waals surface area contributed by atoms with Gasteiger partial charge in [0.1, 0.15) is 18.1 Å². The van der Waals surface area contributed by atoms with E-state index < -0.39 is 5.97 Å². The average Bonchev–Trinajstić information content (AvgIpc) is 3.15. The molecule has 0 fully saturated rings. The lowest BCUT2D eigenvalue weighted by atomic mass is 9.84. The van der Waals surface area contributed by atoms with Gasteiger partial charge < -0.3 is 14.1 Å². The Bertz CT molecular complexity index is 752. The number of furan rings is 1. The van der Waals surface area contributed by atoms with E-state index in [0.717, 1.165) is 11.5 Å². The zero-order chi connectivity index (χ0) is 16.4. The van der Waals surface area contributed by atoms with Gasteiger partial charge >= 0.3 is 5.97 Å². The Morgan fingerprint density at radius 2 is 2.30 bits per heavy atom. The second-order valence-corrected chi connectivity index (χ2v) is 5.69. The van der Waals surface area contributed by atoms with Gasteiger partial charge in [-0.25, -0.2) is 4.79 Å². The summed E-state index contributed by atoms with van der Waals surface area (Å²) in [5.41, 5.74) is 2.46. The summed E-state index contributed by atoms with van der Waals surface area (Å²) in [5, 5.41) is 0. The molecule has 0 aliphatic heterocycles. The van der Waals surface area contributed by atoms with Crippen molar-refractivity contribution < 1.29 is 18.7 Å². The quantitative estimate of drug-likeness (QED) is 0.692. The van der Waals surface area contributed by atoms with Gasteiger partial charge in [-0.15, -0.1) is 0 Å². The van der Waals surface area contributed by atoms with Gasteiger partial charge in [0.25, 0.3) is 0 Å². The van der Waals surface area contributed by atoms with E-state index in [-0.39, 0.29) is 18.3 Å². The lowest BCUT2D eigenvalue weighted by Crippen LogP contribution is -2.18. The number of rotatable bonds is 4. The van der Waals surface area contributed by atoms with Gasteiger partial charge in [0.05, 0.1) is 6.26 Å². The zero-order valence-electron chi connectivity index (χ0n) is 13.2. The normalized spacial score (nSPS) is 17.5. The Morgan fingerprint density at radius 1 is 1.48 bits per heavy atom. The fourth-order valence-electron chi connectivity index (χ4n) is 3.05. The Kier molecular flexibility index (Phi) is 4.19. The van der Waals surface area contributed by atoms with E-state index >= 15 is 0 Å². The van der Waals surface area contributed by atoms with Crippen molar-refractivity contribution in [3.63, 3.8) is 0 Å². The van der Waals surface area contributed by atoms with E-state index in [1.165, 1.54) is 0 Å². The van der Waals surface area contributed by atoms with E-state index in [4.69, 9.17) is 9.15 Å². The van der Waals surface area contributed by atoms with Gasteiger partial charge in [0.2, 0.25) is 0 Å². The van der Waals surface area contributed by atoms with Crippen LogP contribution in [0.1, 0.15) is 57.1 Å². The fraction of sp³-hybridized carbons (Fsp3) is 0.333. The molecular formula is C18H19NO4. The first-order valence-electron chi connectivity index (χ1n) is 7.68. The predicted molar refractivity (Wildman–Crippen MR) is 84.7 cm³/mol. The summed E-state index contributed by atoms with van der Waals surface area (Å²) in [7, 11) is 0. The molecule has 23 heavy (non-hydrogen) atoms. The number of allylic oxidation sites excluding steroid dienone is 1. The van der Waals surface area contributed by atoms with Crippen LogP contribution in [0.5, 0.6) is 0 Å². The minimum Gasteiger partial charge on any atom is -0.469 e. The molecule has 2 aromatic heterocycles. The number of carbonyl (C=O) groups excluding carboxylic acids is 2. The molecule has 0 bridgehead atoms. The van der Waals surface area contributed by atoms with Crippen LogP contribution in [0.3, 0.4) is 0 Å². The highest BCUT2D eigenvalue weighted by Gasteiger charge is 2.33. The molecule has 5 heteroatoms. The second kappa shape index (κ2) is 6.28. The van der Waals surface area contributed by atoms with Gasteiger partial charge in [0.15, 0.2) is 5.78 Å². The maximum absolute atomic E-state index is 12.5. The van der Waals surface area contributed by atoms with Crippen molar-refractivity contribution in [3.05, 3.63) is 58.8 Å². The third-order valence-electron chi connectivity index (χ3n) is 4.18. The number of carbonyl (C=O) groups is 2. The monoisotopic (exact) mass is 313 g/mol. The Morgan fingerprint density at radius 3 is 3.00 bits per heavy atom.